The highest BCUT2D eigenvalue weighted by molar-refractivity contribution is 7.99. The van der Waals surface area contributed by atoms with E-state index in [9.17, 15) is 9.59 Å². The molecule has 0 saturated heterocycles. The molecule has 0 spiro atoms. The number of carboxylic acid groups (broad SMARTS) is 1. The summed E-state index contributed by atoms with van der Waals surface area (Å²) < 4.78 is 0. The van der Waals surface area contributed by atoms with E-state index in [1.807, 2.05) is 0 Å². The largest absolute Gasteiger partial charge is 0.480 e. The molecule has 10 heavy (non-hydrogen) atoms. The van der Waals surface area contributed by atoms with Crippen molar-refractivity contribution in [3.63, 3.8) is 0 Å². The smallest absolute Gasteiger partial charge is 0.317 e. The van der Waals surface area contributed by atoms with Crippen molar-refractivity contribution in [2.45, 2.75) is 11.7 Å². The van der Waals surface area contributed by atoms with Crippen LogP contribution in [-0.2, 0) is 9.59 Å². The second-order valence-electron chi connectivity index (χ2n) is 1.73. The van der Waals surface area contributed by atoms with Crippen LogP contribution in [0.25, 0.3) is 0 Å². The topological polar surface area (TPSA) is 80.4 Å². The number of carboxylic acids is 1. The van der Waals surface area contributed by atoms with Crippen LogP contribution in [0.15, 0.2) is 0 Å². The van der Waals surface area contributed by atoms with Gasteiger partial charge < -0.3 is 10.8 Å². The summed E-state index contributed by atoms with van der Waals surface area (Å²) >= 11 is 1.11. The molecule has 0 radical (unpaired) electrons. The molecule has 0 heterocycles. The van der Waals surface area contributed by atoms with Crippen LogP contribution in [0.2, 0.25) is 0 Å². The third-order valence-electron chi connectivity index (χ3n) is 0.947. The molecule has 0 bridgehead atoms. The Bertz CT molecular complexity index is 148. The SMILES string of the molecule is CS[C@H](CC(N)=O)C(=O)O. The first-order chi connectivity index (χ1) is 4.57. The summed E-state index contributed by atoms with van der Waals surface area (Å²) in [7, 11) is 0. The summed E-state index contributed by atoms with van der Waals surface area (Å²) in [6, 6.07) is 0. The van der Waals surface area contributed by atoms with Gasteiger partial charge in [-0.1, -0.05) is 0 Å². The van der Waals surface area contributed by atoms with Gasteiger partial charge in [0.25, 0.3) is 0 Å². The summed E-state index contributed by atoms with van der Waals surface area (Å²) in [4.78, 5) is 20.5. The van der Waals surface area contributed by atoms with Crippen LogP contribution < -0.4 is 5.73 Å². The highest BCUT2D eigenvalue weighted by atomic mass is 32.2. The first-order valence-corrected chi connectivity index (χ1v) is 3.90. The van der Waals surface area contributed by atoms with Crippen LogP contribution in [0, 0.1) is 0 Å². The fourth-order valence-corrected chi connectivity index (χ4v) is 0.987. The van der Waals surface area contributed by atoms with Crippen molar-refractivity contribution < 1.29 is 14.7 Å². The second-order valence-corrected chi connectivity index (χ2v) is 2.77. The number of rotatable bonds is 4. The molecule has 5 heteroatoms. The van der Waals surface area contributed by atoms with E-state index in [4.69, 9.17) is 10.8 Å². The van der Waals surface area contributed by atoms with Gasteiger partial charge in [-0.05, 0) is 6.26 Å². The Morgan fingerprint density at radius 1 is 1.70 bits per heavy atom. The molecular formula is C5H9NO3S. The van der Waals surface area contributed by atoms with Gasteiger partial charge in [-0.15, -0.1) is 11.8 Å². The average molecular weight is 163 g/mol. The van der Waals surface area contributed by atoms with Crippen molar-refractivity contribution in [2.24, 2.45) is 5.73 Å². The van der Waals surface area contributed by atoms with Crippen molar-refractivity contribution in [3.8, 4) is 0 Å². The zero-order valence-corrected chi connectivity index (χ0v) is 6.35. The van der Waals surface area contributed by atoms with Crippen LogP contribution in [0.5, 0.6) is 0 Å². The number of amides is 1. The van der Waals surface area contributed by atoms with Gasteiger partial charge in [0.1, 0.15) is 5.25 Å². The van der Waals surface area contributed by atoms with Crippen LogP contribution in [-0.4, -0.2) is 28.5 Å². The molecule has 4 nitrogen and oxygen atoms in total. The van der Waals surface area contributed by atoms with Crippen molar-refractivity contribution in [2.75, 3.05) is 6.26 Å². The predicted molar refractivity (Wildman–Crippen MR) is 38.8 cm³/mol. The molecule has 0 aliphatic rings. The molecule has 0 fully saturated rings. The monoisotopic (exact) mass is 163 g/mol. The lowest BCUT2D eigenvalue weighted by Gasteiger charge is -2.04. The third kappa shape index (κ3) is 3.34. The Hall–Kier alpha value is -0.710. The lowest BCUT2D eigenvalue weighted by atomic mass is 10.3. The van der Waals surface area contributed by atoms with E-state index in [1.165, 1.54) is 0 Å². The van der Waals surface area contributed by atoms with Gasteiger partial charge in [-0.2, -0.15) is 0 Å². The molecule has 0 aromatic rings. The number of primary amides is 1. The first kappa shape index (κ1) is 9.29. The summed E-state index contributed by atoms with van der Waals surface area (Å²) in [5, 5.41) is 7.70. The standard InChI is InChI=1S/C5H9NO3S/c1-10-3(5(8)9)2-4(6)7/h3H,2H2,1H3,(H2,6,7)(H,8,9)/t3-/m1/s1. The van der Waals surface area contributed by atoms with E-state index < -0.39 is 17.1 Å². The molecule has 1 atom stereocenters. The lowest BCUT2D eigenvalue weighted by molar-refractivity contribution is -0.137. The van der Waals surface area contributed by atoms with E-state index in [-0.39, 0.29) is 6.42 Å². The first-order valence-electron chi connectivity index (χ1n) is 2.61. The quantitative estimate of drug-likeness (QED) is 0.595. The molecule has 0 aromatic heterocycles. The molecule has 0 unspecified atom stereocenters. The van der Waals surface area contributed by atoms with Crippen LogP contribution >= 0.6 is 11.8 Å². The normalized spacial score (nSPS) is 12.5. The van der Waals surface area contributed by atoms with Crippen LogP contribution in [0.3, 0.4) is 0 Å². The molecule has 58 valence electrons. The van der Waals surface area contributed by atoms with Gasteiger partial charge in [0.2, 0.25) is 5.91 Å². The maximum atomic E-state index is 10.2. The fourth-order valence-electron chi connectivity index (χ4n) is 0.454. The Balaban J connectivity index is 3.83. The molecule has 0 saturated carbocycles. The fraction of sp³-hybridized carbons (Fsp3) is 0.600. The predicted octanol–water partition coefficient (Wildman–Crippen LogP) is -0.322. The number of carbonyl (C=O) groups excluding carboxylic acids is 1. The van der Waals surface area contributed by atoms with Crippen LogP contribution in [0.4, 0.5) is 0 Å². The summed E-state index contributed by atoms with van der Waals surface area (Å²) in [5.74, 6) is -1.58. The lowest BCUT2D eigenvalue weighted by Crippen LogP contribution is -2.24. The minimum Gasteiger partial charge on any atom is -0.480 e. The maximum Gasteiger partial charge on any atom is 0.317 e. The molecule has 0 rings (SSSR count). The van der Waals surface area contributed by atoms with E-state index in [1.54, 1.807) is 6.26 Å². The number of aliphatic carboxylic acids is 1. The Labute approximate surface area is 62.8 Å². The number of thioether (sulfide) groups is 1. The highest BCUT2D eigenvalue weighted by Crippen LogP contribution is 2.09. The summed E-state index contributed by atoms with van der Waals surface area (Å²) in [5.41, 5.74) is 4.79. The van der Waals surface area contributed by atoms with Crippen molar-refractivity contribution >= 4 is 23.6 Å². The van der Waals surface area contributed by atoms with E-state index >= 15 is 0 Å². The number of nitrogens with two attached hydrogens (primary N) is 1. The maximum absolute atomic E-state index is 10.2. The number of hydrogen-bond donors (Lipinski definition) is 2. The molecular weight excluding hydrogens is 154 g/mol. The molecule has 0 aliphatic carbocycles. The van der Waals surface area contributed by atoms with E-state index in [2.05, 4.69) is 0 Å². The molecule has 3 N–H and O–H groups in total. The number of carbonyl (C=O) groups is 2. The summed E-state index contributed by atoms with van der Waals surface area (Å²) in [6.07, 6.45) is 1.53. The Morgan fingerprint density at radius 3 is 2.30 bits per heavy atom. The third-order valence-corrected chi connectivity index (χ3v) is 1.88. The van der Waals surface area contributed by atoms with Gasteiger partial charge in [-0.25, -0.2) is 0 Å². The minimum absolute atomic E-state index is 0.101. The molecule has 0 aliphatic heterocycles. The Morgan fingerprint density at radius 2 is 2.20 bits per heavy atom. The van der Waals surface area contributed by atoms with Gasteiger partial charge in [-0.3, -0.25) is 9.59 Å². The average Bonchev–Trinajstić information content (AvgIpc) is 1.81. The van der Waals surface area contributed by atoms with Gasteiger partial charge in [0.15, 0.2) is 0 Å². The van der Waals surface area contributed by atoms with E-state index in [0.717, 1.165) is 11.8 Å². The van der Waals surface area contributed by atoms with Crippen molar-refractivity contribution in [3.05, 3.63) is 0 Å². The van der Waals surface area contributed by atoms with Crippen molar-refractivity contribution in [1.29, 1.82) is 0 Å². The zero-order chi connectivity index (χ0) is 8.15. The van der Waals surface area contributed by atoms with Gasteiger partial charge in [0.05, 0.1) is 0 Å². The van der Waals surface area contributed by atoms with E-state index in [0.29, 0.717) is 0 Å². The van der Waals surface area contributed by atoms with Crippen molar-refractivity contribution in [1.82, 2.24) is 0 Å². The zero-order valence-electron chi connectivity index (χ0n) is 5.53. The number of hydrogen-bond acceptors (Lipinski definition) is 3. The summed E-state index contributed by atoms with van der Waals surface area (Å²) in [6.45, 7) is 0. The van der Waals surface area contributed by atoms with Gasteiger partial charge >= 0.3 is 5.97 Å². The second kappa shape index (κ2) is 4.16. The minimum atomic E-state index is -0.994. The van der Waals surface area contributed by atoms with Crippen LogP contribution in [0.1, 0.15) is 6.42 Å². The Kier molecular flexibility index (Phi) is 3.87. The van der Waals surface area contributed by atoms with Gasteiger partial charge in [0, 0.05) is 6.42 Å². The molecule has 1 amide bonds. The molecule has 0 aromatic carbocycles. The highest BCUT2D eigenvalue weighted by Gasteiger charge is 2.17.